The van der Waals surface area contributed by atoms with E-state index >= 15 is 0 Å². The Balaban J connectivity index is 1.99. The first-order chi connectivity index (χ1) is 9.44. The summed E-state index contributed by atoms with van der Waals surface area (Å²) in [7, 11) is -3.46. The van der Waals surface area contributed by atoms with Crippen LogP contribution in [0.2, 0.25) is 0 Å². The van der Waals surface area contributed by atoms with Crippen LogP contribution in [0.15, 0.2) is 0 Å². The zero-order chi connectivity index (χ0) is 14.8. The molecular formula is C14H28N2O3S. The van der Waals surface area contributed by atoms with E-state index in [4.69, 9.17) is 0 Å². The van der Waals surface area contributed by atoms with E-state index < -0.39 is 10.2 Å². The maximum atomic E-state index is 12.5. The van der Waals surface area contributed by atoms with E-state index in [9.17, 15) is 13.5 Å². The van der Waals surface area contributed by atoms with Crippen molar-refractivity contribution in [1.29, 1.82) is 0 Å². The minimum atomic E-state index is -3.46. The lowest BCUT2D eigenvalue weighted by Crippen LogP contribution is -2.53. The van der Waals surface area contributed by atoms with Crippen LogP contribution in [-0.4, -0.2) is 43.1 Å². The molecule has 0 aromatic rings. The fourth-order valence-corrected chi connectivity index (χ4v) is 5.11. The number of nitrogens with zero attached hydrogens (tertiary/aromatic N) is 1. The van der Waals surface area contributed by atoms with E-state index in [0.29, 0.717) is 18.4 Å². The van der Waals surface area contributed by atoms with Gasteiger partial charge in [0.15, 0.2) is 0 Å². The van der Waals surface area contributed by atoms with Crippen LogP contribution in [0.3, 0.4) is 0 Å². The molecule has 0 aromatic heterocycles. The molecule has 2 rings (SSSR count). The molecule has 1 heterocycles. The molecule has 1 saturated carbocycles. The highest BCUT2D eigenvalue weighted by Gasteiger charge is 2.35. The molecule has 4 unspecified atom stereocenters. The van der Waals surface area contributed by atoms with Crippen molar-refractivity contribution < 1.29 is 13.5 Å². The standard InChI is InChI=1S/C14H28N2O3S/c1-11-6-7-13(9-12(11)2)15-20(18,19)16-8-4-3-5-14(16)10-17/h11-15,17H,3-10H2,1-2H3. The first-order valence-corrected chi connectivity index (χ1v) is 9.28. The van der Waals surface area contributed by atoms with Crippen molar-refractivity contribution in [3.63, 3.8) is 0 Å². The van der Waals surface area contributed by atoms with Gasteiger partial charge >= 0.3 is 0 Å². The molecule has 20 heavy (non-hydrogen) atoms. The van der Waals surface area contributed by atoms with Gasteiger partial charge in [0.25, 0.3) is 10.2 Å². The van der Waals surface area contributed by atoms with Crippen molar-refractivity contribution in [2.24, 2.45) is 11.8 Å². The first kappa shape index (κ1) is 16.2. The maximum absolute atomic E-state index is 12.5. The fraction of sp³-hybridized carbons (Fsp3) is 1.00. The van der Waals surface area contributed by atoms with Crippen LogP contribution in [0.1, 0.15) is 52.4 Å². The molecule has 1 aliphatic carbocycles. The summed E-state index contributed by atoms with van der Waals surface area (Å²) in [6.45, 7) is 4.88. The smallest absolute Gasteiger partial charge is 0.280 e. The number of hydrogen-bond donors (Lipinski definition) is 2. The molecule has 6 heteroatoms. The summed E-state index contributed by atoms with van der Waals surface area (Å²) in [5.74, 6) is 1.24. The van der Waals surface area contributed by atoms with Crippen LogP contribution in [0.5, 0.6) is 0 Å². The maximum Gasteiger partial charge on any atom is 0.280 e. The van der Waals surface area contributed by atoms with Crippen molar-refractivity contribution in [1.82, 2.24) is 9.03 Å². The molecule has 2 N–H and O–H groups in total. The normalized spacial score (nSPS) is 37.0. The molecule has 2 fully saturated rings. The lowest BCUT2D eigenvalue weighted by molar-refractivity contribution is 0.152. The van der Waals surface area contributed by atoms with Gasteiger partial charge in [-0.3, -0.25) is 0 Å². The first-order valence-electron chi connectivity index (χ1n) is 7.84. The van der Waals surface area contributed by atoms with Crippen molar-refractivity contribution in [2.75, 3.05) is 13.2 Å². The van der Waals surface area contributed by atoms with Gasteiger partial charge in [0.05, 0.1) is 6.61 Å². The summed E-state index contributed by atoms with van der Waals surface area (Å²) >= 11 is 0. The third kappa shape index (κ3) is 3.72. The molecule has 118 valence electrons. The van der Waals surface area contributed by atoms with Gasteiger partial charge in [-0.2, -0.15) is 17.4 Å². The Morgan fingerprint density at radius 2 is 1.90 bits per heavy atom. The van der Waals surface area contributed by atoms with E-state index in [-0.39, 0.29) is 18.7 Å². The van der Waals surface area contributed by atoms with E-state index in [1.807, 2.05) is 0 Å². The Hall–Kier alpha value is -0.170. The largest absolute Gasteiger partial charge is 0.395 e. The summed E-state index contributed by atoms with van der Waals surface area (Å²) in [4.78, 5) is 0. The Morgan fingerprint density at radius 1 is 1.15 bits per heavy atom. The summed E-state index contributed by atoms with van der Waals surface area (Å²) < 4.78 is 29.4. The third-order valence-electron chi connectivity index (χ3n) is 5.01. The van der Waals surface area contributed by atoms with Crippen LogP contribution < -0.4 is 4.72 Å². The minimum absolute atomic E-state index is 0.0486. The zero-order valence-corrected chi connectivity index (χ0v) is 13.4. The SMILES string of the molecule is CC1CCC(NS(=O)(=O)N2CCCCC2CO)CC1C. The fourth-order valence-electron chi connectivity index (χ4n) is 3.41. The second-order valence-corrected chi connectivity index (χ2v) is 8.19. The van der Waals surface area contributed by atoms with Crippen molar-refractivity contribution in [2.45, 2.75) is 64.5 Å². The van der Waals surface area contributed by atoms with Crippen LogP contribution in [0, 0.1) is 11.8 Å². The lowest BCUT2D eigenvalue weighted by atomic mass is 9.79. The van der Waals surface area contributed by atoms with Gasteiger partial charge in [-0.1, -0.05) is 20.3 Å². The number of piperidine rings is 1. The lowest BCUT2D eigenvalue weighted by Gasteiger charge is -2.37. The summed E-state index contributed by atoms with van der Waals surface area (Å²) in [5, 5.41) is 9.37. The number of rotatable bonds is 4. The van der Waals surface area contributed by atoms with Crippen molar-refractivity contribution >= 4 is 10.2 Å². The Morgan fingerprint density at radius 3 is 2.55 bits per heavy atom. The van der Waals surface area contributed by atoms with E-state index in [1.54, 1.807) is 0 Å². The molecule has 0 aromatic carbocycles. The molecule has 0 amide bonds. The zero-order valence-electron chi connectivity index (χ0n) is 12.6. The summed E-state index contributed by atoms with van der Waals surface area (Å²) in [6.07, 6.45) is 5.55. The van der Waals surface area contributed by atoms with Crippen LogP contribution in [-0.2, 0) is 10.2 Å². The van der Waals surface area contributed by atoms with Crippen LogP contribution >= 0.6 is 0 Å². The van der Waals surface area contributed by atoms with Gasteiger partial charge in [0, 0.05) is 18.6 Å². The predicted octanol–water partition coefficient (Wildman–Crippen LogP) is 1.49. The van der Waals surface area contributed by atoms with E-state index in [2.05, 4.69) is 18.6 Å². The van der Waals surface area contributed by atoms with E-state index in [0.717, 1.165) is 38.5 Å². The summed E-state index contributed by atoms with van der Waals surface area (Å²) in [5.41, 5.74) is 0. The molecule has 0 spiro atoms. The molecule has 1 aliphatic heterocycles. The highest BCUT2D eigenvalue weighted by molar-refractivity contribution is 7.87. The highest BCUT2D eigenvalue weighted by atomic mass is 32.2. The van der Waals surface area contributed by atoms with Gasteiger partial charge in [-0.05, 0) is 43.9 Å². The van der Waals surface area contributed by atoms with Gasteiger partial charge in [0.1, 0.15) is 0 Å². The second-order valence-electron chi connectivity index (χ2n) is 6.53. The average Bonchev–Trinajstić information content (AvgIpc) is 2.42. The third-order valence-corrected chi connectivity index (χ3v) is 6.74. The molecule has 0 bridgehead atoms. The minimum Gasteiger partial charge on any atom is -0.395 e. The molecular weight excluding hydrogens is 276 g/mol. The molecule has 4 atom stereocenters. The number of nitrogens with one attached hydrogen (secondary N) is 1. The molecule has 5 nitrogen and oxygen atoms in total. The number of aliphatic hydroxyl groups is 1. The molecule has 0 radical (unpaired) electrons. The summed E-state index contributed by atoms with van der Waals surface area (Å²) in [6, 6.07) is -0.200. The van der Waals surface area contributed by atoms with Gasteiger partial charge < -0.3 is 5.11 Å². The molecule has 2 aliphatic rings. The second kappa shape index (κ2) is 6.73. The van der Waals surface area contributed by atoms with Crippen LogP contribution in [0.25, 0.3) is 0 Å². The quantitative estimate of drug-likeness (QED) is 0.827. The van der Waals surface area contributed by atoms with Crippen LogP contribution in [0.4, 0.5) is 0 Å². The van der Waals surface area contributed by atoms with Crippen molar-refractivity contribution in [3.8, 4) is 0 Å². The highest BCUT2D eigenvalue weighted by Crippen LogP contribution is 2.30. The van der Waals surface area contributed by atoms with Gasteiger partial charge in [0.2, 0.25) is 0 Å². The van der Waals surface area contributed by atoms with E-state index in [1.165, 1.54) is 4.31 Å². The predicted molar refractivity (Wildman–Crippen MR) is 79.5 cm³/mol. The van der Waals surface area contributed by atoms with Crippen molar-refractivity contribution in [3.05, 3.63) is 0 Å². The topological polar surface area (TPSA) is 69.6 Å². The Kier molecular flexibility index (Phi) is 5.45. The Labute approximate surface area is 122 Å². The van der Waals surface area contributed by atoms with Gasteiger partial charge in [-0.15, -0.1) is 0 Å². The Bertz CT molecular complexity index is 413. The van der Waals surface area contributed by atoms with Gasteiger partial charge in [-0.25, -0.2) is 0 Å². The number of hydrogen-bond acceptors (Lipinski definition) is 3. The average molecular weight is 304 g/mol. The molecule has 1 saturated heterocycles. The monoisotopic (exact) mass is 304 g/mol. The number of aliphatic hydroxyl groups excluding tert-OH is 1.